The van der Waals surface area contributed by atoms with Gasteiger partial charge in [0, 0.05) is 24.3 Å². The van der Waals surface area contributed by atoms with Crippen molar-refractivity contribution in [1.29, 1.82) is 0 Å². The highest BCUT2D eigenvalue weighted by Crippen LogP contribution is 2.27. The van der Waals surface area contributed by atoms with Gasteiger partial charge in [0.25, 0.3) is 0 Å². The molecule has 0 spiro atoms. The number of rotatable bonds is 6. The van der Waals surface area contributed by atoms with E-state index < -0.39 is 0 Å². The lowest BCUT2D eigenvalue weighted by molar-refractivity contribution is 0.401. The maximum atomic E-state index is 4.43. The van der Waals surface area contributed by atoms with Crippen LogP contribution in [0.3, 0.4) is 0 Å². The van der Waals surface area contributed by atoms with E-state index >= 15 is 0 Å². The zero-order valence-electron chi connectivity index (χ0n) is 11.6. The lowest BCUT2D eigenvalue weighted by Crippen LogP contribution is -2.37. The highest BCUT2D eigenvalue weighted by atomic mass is 32.2. The van der Waals surface area contributed by atoms with Crippen LogP contribution in [-0.4, -0.2) is 38.9 Å². The van der Waals surface area contributed by atoms with E-state index in [2.05, 4.69) is 52.6 Å². The average molecular weight is 268 g/mol. The van der Waals surface area contributed by atoms with E-state index in [0.29, 0.717) is 18.0 Å². The Labute approximate surface area is 114 Å². The molecule has 1 aliphatic rings. The second kappa shape index (κ2) is 6.57. The molecule has 2 unspecified atom stereocenters. The van der Waals surface area contributed by atoms with Crippen molar-refractivity contribution >= 4 is 11.8 Å². The van der Waals surface area contributed by atoms with Crippen molar-refractivity contribution in [3.8, 4) is 0 Å². The van der Waals surface area contributed by atoms with Gasteiger partial charge in [0.15, 0.2) is 0 Å². The molecule has 1 aromatic heterocycles. The fraction of sp³-hybridized carbons (Fsp3) is 0.846. The Morgan fingerprint density at radius 2 is 2.33 bits per heavy atom. The zero-order valence-corrected chi connectivity index (χ0v) is 12.4. The van der Waals surface area contributed by atoms with Crippen molar-refractivity contribution in [2.24, 2.45) is 5.92 Å². The molecule has 0 aromatic carbocycles. The summed E-state index contributed by atoms with van der Waals surface area (Å²) < 4.78 is 2.06. The molecule has 1 saturated heterocycles. The molecular weight excluding hydrogens is 244 g/mol. The molecule has 1 N–H and O–H groups in total. The Balaban J connectivity index is 1.97. The minimum Gasteiger partial charge on any atom is -0.313 e. The number of nitrogens with one attached hydrogen (secondary N) is 1. The zero-order chi connectivity index (χ0) is 13.0. The molecule has 0 radical (unpaired) electrons. The summed E-state index contributed by atoms with van der Waals surface area (Å²) in [6.45, 7) is 7.67. The van der Waals surface area contributed by atoms with Crippen LogP contribution >= 0.6 is 11.8 Å². The van der Waals surface area contributed by atoms with Crippen LogP contribution in [-0.2, 0) is 6.42 Å². The van der Waals surface area contributed by atoms with Crippen molar-refractivity contribution < 1.29 is 0 Å². The minimum atomic E-state index is 0.401. The van der Waals surface area contributed by atoms with Gasteiger partial charge in [0.1, 0.15) is 12.2 Å². The summed E-state index contributed by atoms with van der Waals surface area (Å²) in [6, 6.07) is 1.05. The van der Waals surface area contributed by atoms with E-state index in [1.54, 1.807) is 6.33 Å². The molecule has 102 valence electrons. The number of aromatic nitrogens is 3. The van der Waals surface area contributed by atoms with Crippen LogP contribution in [0.2, 0.25) is 0 Å². The predicted octanol–water partition coefficient (Wildman–Crippen LogP) is 2.13. The Morgan fingerprint density at radius 3 is 3.06 bits per heavy atom. The van der Waals surface area contributed by atoms with Gasteiger partial charge in [0.2, 0.25) is 0 Å². The van der Waals surface area contributed by atoms with Gasteiger partial charge in [-0.2, -0.15) is 16.9 Å². The highest BCUT2D eigenvalue weighted by molar-refractivity contribution is 7.99. The van der Waals surface area contributed by atoms with Gasteiger partial charge >= 0.3 is 0 Å². The maximum absolute atomic E-state index is 4.43. The number of nitrogens with zero attached hydrogens (tertiary/aromatic N) is 3. The van der Waals surface area contributed by atoms with E-state index in [-0.39, 0.29) is 0 Å². The van der Waals surface area contributed by atoms with Crippen LogP contribution in [0, 0.1) is 5.92 Å². The fourth-order valence-corrected chi connectivity index (χ4v) is 3.87. The molecule has 1 fully saturated rings. The number of hydrogen-bond donors (Lipinski definition) is 1. The second-order valence-corrected chi connectivity index (χ2v) is 6.35. The SMILES string of the molecule is CCCNC1CSCC1Cc1ncnn1C(C)C. The van der Waals surface area contributed by atoms with Crippen LogP contribution < -0.4 is 5.32 Å². The summed E-state index contributed by atoms with van der Waals surface area (Å²) >= 11 is 2.06. The molecule has 2 atom stereocenters. The predicted molar refractivity (Wildman–Crippen MR) is 77.0 cm³/mol. The van der Waals surface area contributed by atoms with Crippen LogP contribution in [0.5, 0.6) is 0 Å². The smallest absolute Gasteiger partial charge is 0.138 e. The molecular formula is C13H24N4S. The molecule has 5 heteroatoms. The molecule has 18 heavy (non-hydrogen) atoms. The Morgan fingerprint density at radius 1 is 1.50 bits per heavy atom. The van der Waals surface area contributed by atoms with E-state index in [9.17, 15) is 0 Å². The lowest BCUT2D eigenvalue weighted by atomic mass is 9.99. The molecule has 2 rings (SSSR count). The van der Waals surface area contributed by atoms with Gasteiger partial charge in [-0.1, -0.05) is 6.92 Å². The molecule has 2 heterocycles. The topological polar surface area (TPSA) is 42.7 Å². The first-order valence-corrected chi connectivity index (χ1v) is 8.07. The van der Waals surface area contributed by atoms with Crippen LogP contribution in [0.15, 0.2) is 6.33 Å². The summed E-state index contributed by atoms with van der Waals surface area (Å²) in [7, 11) is 0. The number of hydrogen-bond acceptors (Lipinski definition) is 4. The minimum absolute atomic E-state index is 0.401. The fourth-order valence-electron chi connectivity index (χ4n) is 2.44. The van der Waals surface area contributed by atoms with E-state index in [0.717, 1.165) is 18.8 Å². The highest BCUT2D eigenvalue weighted by Gasteiger charge is 2.28. The second-order valence-electron chi connectivity index (χ2n) is 5.28. The van der Waals surface area contributed by atoms with Crippen LogP contribution in [0.1, 0.15) is 39.1 Å². The van der Waals surface area contributed by atoms with Gasteiger partial charge in [0.05, 0.1) is 0 Å². The van der Waals surface area contributed by atoms with E-state index in [4.69, 9.17) is 0 Å². The standard InChI is InChI=1S/C13H24N4S/c1-4-5-14-12-8-18-7-11(12)6-13-15-9-16-17(13)10(2)3/h9-12,14H,4-8H2,1-3H3. The van der Waals surface area contributed by atoms with Crippen molar-refractivity contribution in [3.05, 3.63) is 12.2 Å². The van der Waals surface area contributed by atoms with Gasteiger partial charge < -0.3 is 5.32 Å². The first-order valence-electron chi connectivity index (χ1n) is 6.91. The molecule has 4 nitrogen and oxygen atoms in total. The third kappa shape index (κ3) is 3.26. The van der Waals surface area contributed by atoms with Gasteiger partial charge in [-0.05, 0) is 38.5 Å². The maximum Gasteiger partial charge on any atom is 0.138 e. The van der Waals surface area contributed by atoms with Crippen LogP contribution in [0.4, 0.5) is 0 Å². The Bertz CT molecular complexity index is 364. The van der Waals surface area contributed by atoms with Gasteiger partial charge in [-0.3, -0.25) is 0 Å². The first kappa shape index (κ1) is 13.9. The Kier molecular flexibility index (Phi) is 5.06. The summed E-state index contributed by atoms with van der Waals surface area (Å²) in [5.41, 5.74) is 0. The van der Waals surface area contributed by atoms with Crippen molar-refractivity contribution in [2.75, 3.05) is 18.1 Å². The Hall–Kier alpha value is -0.550. The average Bonchev–Trinajstić information content (AvgIpc) is 2.96. The molecule has 1 aromatic rings. The van der Waals surface area contributed by atoms with Crippen LogP contribution in [0.25, 0.3) is 0 Å². The van der Waals surface area contributed by atoms with Crippen molar-refractivity contribution in [2.45, 2.75) is 45.7 Å². The number of thioether (sulfide) groups is 1. The van der Waals surface area contributed by atoms with Gasteiger partial charge in [-0.25, -0.2) is 9.67 Å². The van der Waals surface area contributed by atoms with Gasteiger partial charge in [-0.15, -0.1) is 0 Å². The lowest BCUT2D eigenvalue weighted by Gasteiger charge is -2.20. The monoisotopic (exact) mass is 268 g/mol. The summed E-state index contributed by atoms with van der Waals surface area (Å²) in [5.74, 6) is 4.32. The molecule has 1 aliphatic heterocycles. The van der Waals surface area contributed by atoms with Crippen molar-refractivity contribution in [1.82, 2.24) is 20.1 Å². The third-order valence-electron chi connectivity index (χ3n) is 3.44. The third-order valence-corrected chi connectivity index (χ3v) is 4.69. The first-order chi connectivity index (χ1) is 8.72. The van der Waals surface area contributed by atoms with E-state index in [1.807, 2.05) is 0 Å². The van der Waals surface area contributed by atoms with E-state index in [1.165, 1.54) is 17.9 Å². The molecule has 0 aliphatic carbocycles. The summed E-state index contributed by atoms with van der Waals surface area (Å²) in [5, 5.41) is 7.99. The molecule has 0 bridgehead atoms. The van der Waals surface area contributed by atoms with Crippen molar-refractivity contribution in [3.63, 3.8) is 0 Å². The summed E-state index contributed by atoms with van der Waals surface area (Å²) in [4.78, 5) is 4.43. The molecule has 0 saturated carbocycles. The largest absolute Gasteiger partial charge is 0.313 e. The normalized spacial score (nSPS) is 24.0. The summed E-state index contributed by atoms with van der Waals surface area (Å²) in [6.07, 6.45) is 3.94. The quantitative estimate of drug-likeness (QED) is 0.858. The molecule has 0 amide bonds.